The molecule has 2 rings (SSSR count). The molecule has 0 radical (unpaired) electrons. The van der Waals surface area contributed by atoms with Crippen LogP contribution in [-0.4, -0.2) is 23.7 Å². The smallest absolute Gasteiger partial charge is 0.160 e. The van der Waals surface area contributed by atoms with Crippen molar-refractivity contribution < 1.29 is 13.7 Å². The van der Waals surface area contributed by atoms with Gasteiger partial charge in [-0.25, -0.2) is 4.39 Å². The molecule has 120 valence electrons. The number of hydrogen-bond donors (Lipinski definition) is 1. The van der Waals surface area contributed by atoms with Gasteiger partial charge in [0.15, 0.2) is 5.78 Å². The van der Waals surface area contributed by atoms with Crippen LogP contribution in [0.25, 0.3) is 11.3 Å². The summed E-state index contributed by atoms with van der Waals surface area (Å²) in [7, 11) is 0. The van der Waals surface area contributed by atoms with E-state index < -0.39 is 5.82 Å². The Hall–Kier alpha value is -2.76. The molecule has 23 heavy (non-hydrogen) atoms. The molecule has 0 fully saturated rings. The minimum Gasteiger partial charge on any atom is -0.404 e. The molecule has 0 spiro atoms. The van der Waals surface area contributed by atoms with Crippen LogP contribution in [0, 0.1) is 5.82 Å². The van der Waals surface area contributed by atoms with E-state index >= 15 is 0 Å². The average molecular weight is 315 g/mol. The number of nitrogens with two attached hydrogens (primary N) is 1. The minimum absolute atomic E-state index is 0.240. The van der Waals surface area contributed by atoms with E-state index in [9.17, 15) is 9.18 Å². The predicted octanol–water partition coefficient (Wildman–Crippen LogP) is 3.16. The monoisotopic (exact) mass is 315 g/mol. The fourth-order valence-electron chi connectivity index (χ4n) is 2.19. The van der Waals surface area contributed by atoms with Gasteiger partial charge >= 0.3 is 0 Å². The molecule has 0 aliphatic heterocycles. The lowest BCUT2D eigenvalue weighted by molar-refractivity contribution is 0.101. The maximum absolute atomic E-state index is 13.4. The second-order valence-corrected chi connectivity index (χ2v) is 4.98. The van der Waals surface area contributed by atoms with Crippen LogP contribution in [0.3, 0.4) is 0 Å². The second-order valence-electron chi connectivity index (χ2n) is 4.98. The normalized spacial score (nSPS) is 12.0. The number of aliphatic imine (C=N–C) groups is 1. The number of ketones is 1. The minimum atomic E-state index is -0.471. The SMILES string of the molecule is CCN=CC(=CN)Cc1conc1-c1ccc(F)cc1C(C)=O. The Kier molecular flexibility index (Phi) is 5.41. The van der Waals surface area contributed by atoms with Gasteiger partial charge in [-0.3, -0.25) is 9.79 Å². The van der Waals surface area contributed by atoms with E-state index in [0.29, 0.717) is 24.2 Å². The first-order valence-electron chi connectivity index (χ1n) is 7.21. The van der Waals surface area contributed by atoms with Crippen LogP contribution in [0.2, 0.25) is 0 Å². The van der Waals surface area contributed by atoms with Crippen LogP contribution >= 0.6 is 0 Å². The zero-order valence-corrected chi connectivity index (χ0v) is 13.0. The maximum Gasteiger partial charge on any atom is 0.160 e. The quantitative estimate of drug-likeness (QED) is 0.656. The molecule has 0 aliphatic rings. The van der Waals surface area contributed by atoms with Crippen LogP contribution in [-0.2, 0) is 6.42 Å². The third-order valence-electron chi connectivity index (χ3n) is 3.31. The number of Topliss-reactive ketones (excluding diaryl/α,β-unsaturated/α-hetero) is 1. The Labute approximate surface area is 133 Å². The summed E-state index contributed by atoms with van der Waals surface area (Å²) in [5, 5.41) is 3.96. The van der Waals surface area contributed by atoms with Crippen molar-refractivity contribution in [3.63, 3.8) is 0 Å². The molecule has 5 nitrogen and oxygen atoms in total. The van der Waals surface area contributed by atoms with Crippen molar-refractivity contribution in [1.29, 1.82) is 0 Å². The van der Waals surface area contributed by atoms with E-state index in [1.165, 1.54) is 37.6 Å². The standard InChI is InChI=1S/C17H18FN3O2/c1-3-20-9-12(8-19)6-13-10-23-21-17(13)15-5-4-14(18)7-16(15)11(2)22/h4-5,7-10H,3,6,19H2,1-2H3. The number of hydrogen-bond acceptors (Lipinski definition) is 5. The molecule has 0 atom stereocenters. The van der Waals surface area contributed by atoms with Crippen LogP contribution in [0.15, 0.2) is 45.8 Å². The Balaban J connectivity index is 2.42. The first-order valence-corrected chi connectivity index (χ1v) is 7.21. The highest BCUT2D eigenvalue weighted by molar-refractivity contribution is 6.00. The first kappa shape index (κ1) is 16.6. The van der Waals surface area contributed by atoms with Gasteiger partial charge in [0.25, 0.3) is 0 Å². The molecule has 0 bridgehead atoms. The Morgan fingerprint density at radius 2 is 2.26 bits per heavy atom. The third-order valence-corrected chi connectivity index (χ3v) is 3.31. The zero-order valence-electron chi connectivity index (χ0n) is 13.0. The molecular formula is C17H18FN3O2. The van der Waals surface area contributed by atoms with Gasteiger partial charge in [-0.05, 0) is 43.8 Å². The Bertz CT molecular complexity index is 763. The van der Waals surface area contributed by atoms with Crippen molar-refractivity contribution in [2.75, 3.05) is 6.54 Å². The molecule has 0 amide bonds. The number of carbonyl (C=O) groups is 1. The fourth-order valence-corrected chi connectivity index (χ4v) is 2.19. The van der Waals surface area contributed by atoms with Crippen LogP contribution < -0.4 is 5.73 Å². The lowest BCUT2D eigenvalue weighted by Crippen LogP contribution is -2.01. The molecule has 6 heteroatoms. The van der Waals surface area contributed by atoms with Gasteiger partial charge in [-0.15, -0.1) is 0 Å². The number of halogens is 1. The van der Waals surface area contributed by atoms with Crippen molar-refractivity contribution in [2.24, 2.45) is 10.7 Å². The summed E-state index contributed by atoms with van der Waals surface area (Å²) in [5.74, 6) is -0.711. The van der Waals surface area contributed by atoms with Gasteiger partial charge in [0.05, 0.1) is 0 Å². The van der Waals surface area contributed by atoms with Gasteiger partial charge in [0, 0.05) is 35.9 Å². The van der Waals surface area contributed by atoms with Gasteiger partial charge in [0.2, 0.25) is 0 Å². The van der Waals surface area contributed by atoms with Crippen LogP contribution in [0.4, 0.5) is 4.39 Å². The highest BCUT2D eigenvalue weighted by Gasteiger charge is 2.17. The highest BCUT2D eigenvalue weighted by Crippen LogP contribution is 2.28. The molecule has 1 aromatic carbocycles. The van der Waals surface area contributed by atoms with E-state index in [1.807, 2.05) is 6.92 Å². The van der Waals surface area contributed by atoms with Crippen molar-refractivity contribution in [2.45, 2.75) is 20.3 Å². The number of carbonyl (C=O) groups excluding carboxylic acids is 1. The van der Waals surface area contributed by atoms with Gasteiger partial charge in [-0.1, -0.05) is 5.16 Å². The number of benzene rings is 1. The molecular weight excluding hydrogens is 297 g/mol. The van der Waals surface area contributed by atoms with Crippen molar-refractivity contribution in [3.8, 4) is 11.3 Å². The Morgan fingerprint density at radius 1 is 1.48 bits per heavy atom. The summed E-state index contributed by atoms with van der Waals surface area (Å²) >= 11 is 0. The highest BCUT2D eigenvalue weighted by atomic mass is 19.1. The summed E-state index contributed by atoms with van der Waals surface area (Å²) in [6.07, 6.45) is 5.10. The maximum atomic E-state index is 13.4. The van der Waals surface area contributed by atoms with E-state index in [1.54, 1.807) is 6.21 Å². The summed E-state index contributed by atoms with van der Waals surface area (Å²) in [5.41, 5.74) is 8.45. The van der Waals surface area contributed by atoms with Gasteiger partial charge < -0.3 is 10.3 Å². The lowest BCUT2D eigenvalue weighted by atomic mass is 9.97. The molecule has 1 aromatic heterocycles. The van der Waals surface area contributed by atoms with E-state index in [0.717, 1.165) is 11.1 Å². The molecule has 0 unspecified atom stereocenters. The van der Waals surface area contributed by atoms with Crippen molar-refractivity contribution >= 4 is 12.0 Å². The third kappa shape index (κ3) is 3.91. The lowest BCUT2D eigenvalue weighted by Gasteiger charge is -2.07. The number of rotatable bonds is 6. The van der Waals surface area contributed by atoms with Crippen molar-refractivity contribution in [3.05, 3.63) is 53.2 Å². The molecule has 2 N–H and O–H groups in total. The second kappa shape index (κ2) is 7.49. The van der Waals surface area contributed by atoms with Crippen LogP contribution in [0.5, 0.6) is 0 Å². The summed E-state index contributed by atoms with van der Waals surface area (Å²) < 4.78 is 18.5. The molecule has 1 heterocycles. The van der Waals surface area contributed by atoms with Gasteiger partial charge in [-0.2, -0.15) is 0 Å². The largest absolute Gasteiger partial charge is 0.404 e. The zero-order chi connectivity index (χ0) is 16.8. The summed E-state index contributed by atoms with van der Waals surface area (Å²) in [6.45, 7) is 3.96. The van der Waals surface area contributed by atoms with E-state index in [2.05, 4.69) is 10.1 Å². The number of aromatic nitrogens is 1. The Morgan fingerprint density at radius 3 is 2.91 bits per heavy atom. The van der Waals surface area contributed by atoms with E-state index in [4.69, 9.17) is 10.3 Å². The molecule has 0 aliphatic carbocycles. The molecule has 2 aromatic rings. The first-order chi connectivity index (χ1) is 11.1. The van der Waals surface area contributed by atoms with Crippen LogP contribution in [0.1, 0.15) is 29.8 Å². The number of nitrogens with zero attached hydrogens (tertiary/aromatic N) is 2. The molecule has 0 saturated heterocycles. The number of allylic oxidation sites excluding steroid dienone is 1. The van der Waals surface area contributed by atoms with Gasteiger partial charge in [0.1, 0.15) is 17.8 Å². The topological polar surface area (TPSA) is 81.5 Å². The summed E-state index contributed by atoms with van der Waals surface area (Å²) in [6, 6.07) is 4.02. The predicted molar refractivity (Wildman–Crippen MR) is 86.9 cm³/mol. The van der Waals surface area contributed by atoms with Crippen molar-refractivity contribution in [1.82, 2.24) is 5.16 Å². The summed E-state index contributed by atoms with van der Waals surface area (Å²) in [4.78, 5) is 15.9. The fraction of sp³-hybridized carbons (Fsp3) is 0.235. The van der Waals surface area contributed by atoms with E-state index in [-0.39, 0.29) is 11.3 Å². The molecule has 0 saturated carbocycles. The average Bonchev–Trinajstić information content (AvgIpc) is 2.99.